The maximum absolute atomic E-state index is 13.9. The third-order valence-corrected chi connectivity index (χ3v) is 9.69. The molecule has 1 aliphatic carbocycles. The van der Waals surface area contributed by atoms with E-state index in [1.807, 2.05) is 41.5 Å². The molecule has 0 aliphatic heterocycles. The molecular formula is C26H33Cl2NO4S. The van der Waals surface area contributed by atoms with E-state index in [0.717, 1.165) is 0 Å². The number of sulfone groups is 1. The largest absolute Gasteiger partial charge is 0.381 e. The molecule has 34 heavy (non-hydrogen) atoms. The quantitative estimate of drug-likeness (QED) is 0.413. The van der Waals surface area contributed by atoms with Gasteiger partial charge < -0.3 is 9.64 Å². The second-order valence-electron chi connectivity index (χ2n) is 10.3. The van der Waals surface area contributed by atoms with Crippen LogP contribution in [-0.2, 0) is 24.1 Å². The predicted molar refractivity (Wildman–Crippen MR) is 138 cm³/mol. The summed E-state index contributed by atoms with van der Waals surface area (Å²) >= 11 is 12.7. The Hall–Kier alpha value is -1.60. The van der Waals surface area contributed by atoms with Gasteiger partial charge in [0.05, 0.1) is 21.7 Å². The molecule has 2 aromatic rings. The first-order chi connectivity index (χ1) is 15.7. The van der Waals surface area contributed by atoms with Crippen molar-refractivity contribution in [1.82, 2.24) is 0 Å². The minimum absolute atomic E-state index is 0.0575. The summed E-state index contributed by atoms with van der Waals surface area (Å²) in [5, 5.41) is 0.806. The second kappa shape index (κ2) is 9.45. The van der Waals surface area contributed by atoms with Crippen LogP contribution >= 0.6 is 23.2 Å². The molecule has 0 heterocycles. The molecule has 3 unspecified atom stereocenters. The zero-order valence-corrected chi connectivity index (χ0v) is 23.1. The van der Waals surface area contributed by atoms with Gasteiger partial charge >= 0.3 is 0 Å². The Bertz CT molecular complexity index is 1170. The third kappa shape index (κ3) is 4.62. The molecular weight excluding hydrogens is 493 g/mol. The van der Waals surface area contributed by atoms with E-state index < -0.39 is 20.0 Å². The normalized spacial score (nSPS) is 21.4. The number of carbonyl (C=O) groups is 1. The van der Waals surface area contributed by atoms with Gasteiger partial charge in [0.2, 0.25) is 5.91 Å². The summed E-state index contributed by atoms with van der Waals surface area (Å²) in [6.07, 6.45) is 0.146. The molecule has 1 aliphatic rings. The van der Waals surface area contributed by atoms with Crippen LogP contribution in [0.5, 0.6) is 0 Å². The molecule has 5 nitrogen and oxygen atoms in total. The summed E-state index contributed by atoms with van der Waals surface area (Å²) < 4.78 is 32.2. The minimum Gasteiger partial charge on any atom is -0.381 e. The average molecular weight is 527 g/mol. The van der Waals surface area contributed by atoms with E-state index in [1.165, 1.54) is 12.1 Å². The summed E-state index contributed by atoms with van der Waals surface area (Å²) in [4.78, 5) is 15.0. The maximum Gasteiger partial charge on any atom is 0.232 e. The fourth-order valence-corrected chi connectivity index (χ4v) is 7.29. The van der Waals surface area contributed by atoms with Crippen LogP contribution in [0.25, 0.3) is 0 Å². The first-order valence-electron chi connectivity index (χ1n) is 11.3. The van der Waals surface area contributed by atoms with Crippen LogP contribution < -0.4 is 4.90 Å². The Morgan fingerprint density at radius 3 is 2.15 bits per heavy atom. The average Bonchev–Trinajstić information content (AvgIpc) is 3.51. The van der Waals surface area contributed by atoms with Gasteiger partial charge in [0.15, 0.2) is 9.84 Å². The highest BCUT2D eigenvalue weighted by Crippen LogP contribution is 2.62. The van der Waals surface area contributed by atoms with Gasteiger partial charge in [-0.1, -0.05) is 50.0 Å². The van der Waals surface area contributed by atoms with Gasteiger partial charge in [-0.2, -0.15) is 0 Å². The SMILES string of the molecule is COC(C)C1CC1(c1ccc(N(C(=O)C(C)(C)C)C(C)C)c(Cl)c1)S(=O)(=O)c1ccc(Cl)cc1. The summed E-state index contributed by atoms with van der Waals surface area (Å²) in [6, 6.07) is 11.3. The number of rotatable bonds is 7. The predicted octanol–water partition coefficient (Wildman–Crippen LogP) is 6.50. The highest BCUT2D eigenvalue weighted by molar-refractivity contribution is 7.92. The Morgan fingerprint density at radius 2 is 1.68 bits per heavy atom. The molecule has 3 atom stereocenters. The zero-order valence-electron chi connectivity index (χ0n) is 20.7. The lowest BCUT2D eigenvalue weighted by atomic mass is 9.93. The molecule has 1 amide bonds. The fourth-order valence-electron chi connectivity index (χ4n) is 4.55. The Balaban J connectivity index is 2.14. The summed E-state index contributed by atoms with van der Waals surface area (Å²) in [5.74, 6) is -0.296. The molecule has 0 radical (unpaired) electrons. The zero-order chi connectivity index (χ0) is 25.6. The van der Waals surface area contributed by atoms with Crippen molar-refractivity contribution >= 4 is 44.6 Å². The number of nitrogens with zero attached hydrogens (tertiary/aromatic N) is 1. The standard InChI is InChI=1S/C26H33Cl2NO4S/c1-16(2)29(24(30)25(4,5)6)23-13-8-18(14-22(23)28)26(15-21(26)17(3)33-7)34(31,32)20-11-9-19(27)10-12-20/h8-14,16-17,21H,15H2,1-7H3. The summed E-state index contributed by atoms with van der Waals surface area (Å²) in [5.41, 5.74) is 0.564. The highest BCUT2D eigenvalue weighted by atomic mass is 35.5. The van der Waals surface area contributed by atoms with Crippen molar-refractivity contribution in [2.45, 2.75) is 69.8 Å². The van der Waals surface area contributed by atoms with Gasteiger partial charge in [-0.25, -0.2) is 8.42 Å². The number of amides is 1. The number of halogens is 2. The van der Waals surface area contributed by atoms with Gasteiger partial charge in [-0.15, -0.1) is 0 Å². The Morgan fingerprint density at radius 1 is 1.09 bits per heavy atom. The summed E-state index contributed by atoms with van der Waals surface area (Å²) in [7, 11) is -2.20. The molecule has 0 bridgehead atoms. The van der Waals surface area contributed by atoms with Crippen molar-refractivity contribution in [3.63, 3.8) is 0 Å². The molecule has 1 fully saturated rings. The van der Waals surface area contributed by atoms with Gasteiger partial charge in [0.1, 0.15) is 4.75 Å². The van der Waals surface area contributed by atoms with Crippen LogP contribution in [0.2, 0.25) is 10.0 Å². The number of methoxy groups -OCH3 is 1. The number of anilines is 1. The van der Waals surface area contributed by atoms with E-state index >= 15 is 0 Å². The van der Waals surface area contributed by atoms with Crippen molar-refractivity contribution in [2.75, 3.05) is 12.0 Å². The number of ether oxygens (including phenoxy) is 1. The maximum atomic E-state index is 13.9. The van der Waals surface area contributed by atoms with Crippen LogP contribution in [0.1, 0.15) is 53.5 Å². The lowest BCUT2D eigenvalue weighted by molar-refractivity contribution is -0.126. The van der Waals surface area contributed by atoms with Crippen LogP contribution in [0.15, 0.2) is 47.4 Å². The lowest BCUT2D eigenvalue weighted by Gasteiger charge is -2.33. The second-order valence-corrected chi connectivity index (χ2v) is 13.3. The van der Waals surface area contributed by atoms with Crippen molar-refractivity contribution in [2.24, 2.45) is 11.3 Å². The minimum atomic E-state index is -3.79. The van der Waals surface area contributed by atoms with Crippen LogP contribution in [-0.4, -0.2) is 33.6 Å². The molecule has 186 valence electrons. The highest BCUT2D eigenvalue weighted by Gasteiger charge is 2.67. The topological polar surface area (TPSA) is 63.7 Å². The molecule has 0 spiro atoms. The van der Waals surface area contributed by atoms with Gasteiger partial charge in [0, 0.05) is 29.5 Å². The summed E-state index contributed by atoms with van der Waals surface area (Å²) in [6.45, 7) is 11.3. The molecule has 8 heteroatoms. The van der Waals surface area contributed by atoms with E-state index in [1.54, 1.807) is 42.3 Å². The molecule has 2 aromatic carbocycles. The number of hydrogen-bond donors (Lipinski definition) is 0. The van der Waals surface area contributed by atoms with E-state index in [-0.39, 0.29) is 28.9 Å². The van der Waals surface area contributed by atoms with Crippen molar-refractivity contribution in [3.8, 4) is 0 Å². The Labute approximate surface area is 213 Å². The van der Waals surface area contributed by atoms with E-state index in [0.29, 0.717) is 27.7 Å². The van der Waals surface area contributed by atoms with Crippen molar-refractivity contribution in [1.29, 1.82) is 0 Å². The molecule has 1 saturated carbocycles. The number of carbonyl (C=O) groups excluding carboxylic acids is 1. The molecule has 0 aromatic heterocycles. The van der Waals surface area contributed by atoms with Gasteiger partial charge in [0.25, 0.3) is 0 Å². The third-order valence-electron chi connectivity index (χ3n) is 6.58. The molecule has 0 N–H and O–H groups in total. The first kappa shape index (κ1) is 27.0. The monoisotopic (exact) mass is 525 g/mol. The smallest absolute Gasteiger partial charge is 0.232 e. The van der Waals surface area contributed by atoms with Crippen LogP contribution in [0.4, 0.5) is 5.69 Å². The van der Waals surface area contributed by atoms with Crippen molar-refractivity contribution < 1.29 is 17.9 Å². The van der Waals surface area contributed by atoms with Crippen molar-refractivity contribution in [3.05, 3.63) is 58.1 Å². The van der Waals surface area contributed by atoms with Gasteiger partial charge in [-0.3, -0.25) is 4.79 Å². The Kier molecular flexibility index (Phi) is 7.51. The number of benzene rings is 2. The molecule has 0 saturated heterocycles. The van der Waals surface area contributed by atoms with Crippen LogP contribution in [0, 0.1) is 11.3 Å². The lowest BCUT2D eigenvalue weighted by Crippen LogP contribution is -2.44. The number of hydrogen-bond acceptors (Lipinski definition) is 4. The first-order valence-corrected chi connectivity index (χ1v) is 13.6. The fraction of sp³-hybridized carbons (Fsp3) is 0.500. The van der Waals surface area contributed by atoms with E-state index in [9.17, 15) is 13.2 Å². The molecule has 3 rings (SSSR count). The van der Waals surface area contributed by atoms with E-state index in [2.05, 4.69) is 0 Å². The van der Waals surface area contributed by atoms with E-state index in [4.69, 9.17) is 27.9 Å². The van der Waals surface area contributed by atoms with Gasteiger partial charge in [-0.05, 0) is 69.2 Å². The van der Waals surface area contributed by atoms with Crippen LogP contribution in [0.3, 0.4) is 0 Å².